The van der Waals surface area contributed by atoms with Gasteiger partial charge in [0.15, 0.2) is 0 Å². The highest BCUT2D eigenvalue weighted by atomic mass is 32.1. The molecule has 6 heteroatoms. The number of likely N-dealkylation sites (N-methyl/N-ethyl adjacent to an activating group) is 1. The molecule has 0 spiro atoms. The lowest BCUT2D eigenvalue weighted by Gasteiger charge is -2.17. The van der Waals surface area contributed by atoms with Crippen molar-refractivity contribution in [3.8, 4) is 0 Å². The lowest BCUT2D eigenvalue weighted by molar-refractivity contribution is -0.117. The van der Waals surface area contributed by atoms with Crippen LogP contribution in [-0.2, 0) is 24.2 Å². The lowest BCUT2D eigenvalue weighted by atomic mass is 10.1. The molecule has 0 bridgehead atoms. The number of hydrogen-bond donors (Lipinski definition) is 2. The van der Waals surface area contributed by atoms with E-state index in [1.165, 1.54) is 27.3 Å². The highest BCUT2D eigenvalue weighted by molar-refractivity contribution is 7.17. The van der Waals surface area contributed by atoms with Gasteiger partial charge >= 0.3 is 0 Å². The highest BCUT2D eigenvalue weighted by Gasteiger charge is 2.26. The number of nitrogens with one attached hydrogen (secondary N) is 1. The van der Waals surface area contributed by atoms with Gasteiger partial charge in [-0.3, -0.25) is 14.5 Å². The summed E-state index contributed by atoms with van der Waals surface area (Å²) in [6.45, 7) is 3.02. The molecule has 0 saturated carbocycles. The van der Waals surface area contributed by atoms with Gasteiger partial charge in [-0.25, -0.2) is 0 Å². The Morgan fingerprint density at radius 3 is 2.76 bits per heavy atom. The molecule has 0 aliphatic heterocycles. The van der Waals surface area contributed by atoms with Crippen molar-refractivity contribution in [2.45, 2.75) is 32.7 Å². The number of rotatable bonds is 6. The smallest absolute Gasteiger partial charge is 0.251 e. The standard InChI is InChI=1S/C19H23N3O2S/c1-12-6-3-4-7-13(12)10-22(2)11-16(23)21-19-17(18(20)24)14-8-5-9-15(14)25-19/h3-4,6-7H,5,8-11H2,1-2H3,(H2,20,24)(H,21,23). The molecule has 0 unspecified atom stereocenters. The van der Waals surface area contributed by atoms with Crippen LogP contribution in [0.25, 0.3) is 0 Å². The molecule has 3 rings (SSSR count). The Balaban J connectivity index is 1.65. The van der Waals surface area contributed by atoms with E-state index in [-0.39, 0.29) is 12.5 Å². The molecule has 1 heterocycles. The Kier molecular flexibility index (Phi) is 5.20. The van der Waals surface area contributed by atoms with Gasteiger partial charge in [0.05, 0.1) is 12.1 Å². The molecule has 132 valence electrons. The van der Waals surface area contributed by atoms with Crippen LogP contribution in [0.2, 0.25) is 0 Å². The van der Waals surface area contributed by atoms with E-state index >= 15 is 0 Å². The van der Waals surface area contributed by atoms with Crippen LogP contribution in [0.5, 0.6) is 0 Å². The van der Waals surface area contributed by atoms with Gasteiger partial charge in [-0.15, -0.1) is 11.3 Å². The zero-order valence-electron chi connectivity index (χ0n) is 14.6. The normalized spacial score (nSPS) is 13.1. The van der Waals surface area contributed by atoms with Crippen LogP contribution < -0.4 is 11.1 Å². The maximum absolute atomic E-state index is 12.4. The van der Waals surface area contributed by atoms with E-state index in [0.717, 1.165) is 24.8 Å². The van der Waals surface area contributed by atoms with Crippen LogP contribution in [0.4, 0.5) is 5.00 Å². The minimum Gasteiger partial charge on any atom is -0.365 e. The summed E-state index contributed by atoms with van der Waals surface area (Å²) < 4.78 is 0. The summed E-state index contributed by atoms with van der Waals surface area (Å²) in [5.41, 5.74) is 9.48. The van der Waals surface area contributed by atoms with E-state index < -0.39 is 5.91 Å². The van der Waals surface area contributed by atoms with Gasteiger partial charge in [0.1, 0.15) is 5.00 Å². The minimum atomic E-state index is -0.456. The molecule has 1 aliphatic carbocycles. The van der Waals surface area contributed by atoms with Crippen LogP contribution in [0, 0.1) is 6.92 Å². The fourth-order valence-electron chi connectivity index (χ4n) is 3.30. The summed E-state index contributed by atoms with van der Waals surface area (Å²) in [5.74, 6) is -0.582. The van der Waals surface area contributed by atoms with Crippen LogP contribution in [-0.4, -0.2) is 30.3 Å². The Morgan fingerprint density at radius 2 is 2.04 bits per heavy atom. The second-order valence-electron chi connectivity index (χ2n) is 6.57. The molecule has 1 aliphatic rings. The average Bonchev–Trinajstić information content (AvgIpc) is 3.09. The Morgan fingerprint density at radius 1 is 1.28 bits per heavy atom. The van der Waals surface area contributed by atoms with Gasteiger partial charge < -0.3 is 11.1 Å². The molecule has 1 aromatic carbocycles. The monoisotopic (exact) mass is 357 g/mol. The summed E-state index contributed by atoms with van der Waals surface area (Å²) in [6, 6.07) is 8.14. The van der Waals surface area contributed by atoms with E-state index in [0.29, 0.717) is 17.1 Å². The first-order valence-corrected chi connectivity index (χ1v) is 9.24. The lowest BCUT2D eigenvalue weighted by Crippen LogP contribution is -2.30. The second-order valence-corrected chi connectivity index (χ2v) is 7.68. The van der Waals surface area contributed by atoms with E-state index in [1.807, 2.05) is 24.1 Å². The van der Waals surface area contributed by atoms with E-state index in [2.05, 4.69) is 24.4 Å². The van der Waals surface area contributed by atoms with Crippen LogP contribution >= 0.6 is 11.3 Å². The topological polar surface area (TPSA) is 75.4 Å². The Hall–Kier alpha value is -2.18. The number of carbonyl (C=O) groups excluding carboxylic acids is 2. The number of nitrogens with two attached hydrogens (primary N) is 1. The maximum atomic E-state index is 12.4. The zero-order valence-corrected chi connectivity index (χ0v) is 15.4. The van der Waals surface area contributed by atoms with Crippen molar-refractivity contribution in [3.05, 3.63) is 51.4 Å². The van der Waals surface area contributed by atoms with Gasteiger partial charge in [0.2, 0.25) is 5.91 Å². The quantitative estimate of drug-likeness (QED) is 0.835. The predicted molar refractivity (Wildman–Crippen MR) is 101 cm³/mol. The number of aryl methyl sites for hydroxylation is 2. The number of fused-ring (bicyclic) bond motifs is 1. The number of amides is 2. The Bertz CT molecular complexity index is 813. The first-order chi connectivity index (χ1) is 12.0. The van der Waals surface area contributed by atoms with Crippen molar-refractivity contribution in [2.24, 2.45) is 5.73 Å². The van der Waals surface area contributed by atoms with E-state index in [4.69, 9.17) is 5.73 Å². The van der Waals surface area contributed by atoms with Crippen molar-refractivity contribution >= 4 is 28.2 Å². The number of thiophene rings is 1. The predicted octanol–water partition coefficient (Wildman–Crippen LogP) is 2.71. The molecule has 25 heavy (non-hydrogen) atoms. The van der Waals surface area contributed by atoms with Gasteiger partial charge in [-0.05, 0) is 49.9 Å². The van der Waals surface area contributed by atoms with Crippen LogP contribution in [0.1, 0.15) is 38.3 Å². The zero-order chi connectivity index (χ0) is 18.0. The molecule has 2 amide bonds. The van der Waals surface area contributed by atoms with E-state index in [1.54, 1.807) is 0 Å². The minimum absolute atomic E-state index is 0.126. The van der Waals surface area contributed by atoms with Crippen molar-refractivity contribution in [2.75, 3.05) is 18.9 Å². The second kappa shape index (κ2) is 7.37. The number of primary amides is 1. The molecule has 3 N–H and O–H groups in total. The number of hydrogen-bond acceptors (Lipinski definition) is 4. The molecule has 0 fully saturated rings. The summed E-state index contributed by atoms with van der Waals surface area (Å²) >= 11 is 1.49. The fourth-order valence-corrected chi connectivity index (χ4v) is 4.61. The van der Waals surface area contributed by atoms with Gasteiger partial charge in [0, 0.05) is 11.4 Å². The number of benzene rings is 1. The first-order valence-electron chi connectivity index (χ1n) is 8.43. The molecule has 0 atom stereocenters. The first kappa shape index (κ1) is 17.6. The van der Waals surface area contributed by atoms with Crippen molar-refractivity contribution in [3.63, 3.8) is 0 Å². The highest BCUT2D eigenvalue weighted by Crippen LogP contribution is 2.38. The van der Waals surface area contributed by atoms with Gasteiger partial charge in [-0.1, -0.05) is 24.3 Å². The summed E-state index contributed by atoms with van der Waals surface area (Å²) in [7, 11) is 1.91. The Labute approximate surface area is 151 Å². The largest absolute Gasteiger partial charge is 0.365 e. The van der Waals surface area contributed by atoms with Crippen LogP contribution in [0.3, 0.4) is 0 Å². The summed E-state index contributed by atoms with van der Waals surface area (Å²) in [4.78, 5) is 27.3. The third-order valence-corrected chi connectivity index (χ3v) is 5.74. The van der Waals surface area contributed by atoms with E-state index in [9.17, 15) is 9.59 Å². The molecule has 1 aromatic heterocycles. The fraction of sp³-hybridized carbons (Fsp3) is 0.368. The third kappa shape index (κ3) is 3.91. The number of carbonyl (C=O) groups is 2. The summed E-state index contributed by atoms with van der Waals surface area (Å²) in [6.07, 6.45) is 2.88. The molecule has 0 radical (unpaired) electrons. The third-order valence-electron chi connectivity index (χ3n) is 4.54. The number of nitrogens with zero attached hydrogens (tertiary/aromatic N) is 1. The molecule has 0 saturated heterocycles. The SMILES string of the molecule is Cc1ccccc1CN(C)CC(=O)Nc1sc2c(c1C(N)=O)CCC2. The van der Waals surface area contributed by atoms with Crippen molar-refractivity contribution < 1.29 is 9.59 Å². The molecule has 2 aromatic rings. The molecule has 5 nitrogen and oxygen atoms in total. The van der Waals surface area contributed by atoms with Gasteiger partial charge in [-0.2, -0.15) is 0 Å². The van der Waals surface area contributed by atoms with Crippen LogP contribution in [0.15, 0.2) is 24.3 Å². The average molecular weight is 357 g/mol. The molecular weight excluding hydrogens is 334 g/mol. The number of anilines is 1. The molecular formula is C19H23N3O2S. The maximum Gasteiger partial charge on any atom is 0.251 e. The van der Waals surface area contributed by atoms with Crippen molar-refractivity contribution in [1.82, 2.24) is 4.90 Å². The van der Waals surface area contributed by atoms with Gasteiger partial charge in [0.25, 0.3) is 5.91 Å². The summed E-state index contributed by atoms with van der Waals surface area (Å²) in [5, 5.41) is 3.49. The van der Waals surface area contributed by atoms with Crippen molar-refractivity contribution in [1.29, 1.82) is 0 Å².